The molecule has 1 amide bonds. The molecule has 0 fully saturated rings. The van der Waals surface area contributed by atoms with Gasteiger partial charge in [-0.2, -0.15) is 0 Å². The number of nitrogen functional groups attached to an aromatic ring is 1. The molecule has 1 aromatic carbocycles. The van der Waals surface area contributed by atoms with E-state index in [0.29, 0.717) is 17.1 Å². The number of carbonyl (C=O) groups is 1. The number of halogens is 1. The first-order valence-electron chi connectivity index (χ1n) is 6.83. The number of amides is 1. The molecule has 0 radical (unpaired) electrons. The van der Waals surface area contributed by atoms with Gasteiger partial charge in [0.25, 0.3) is 5.91 Å². The highest BCUT2D eigenvalue weighted by Gasteiger charge is 2.11. The highest BCUT2D eigenvalue weighted by molar-refractivity contribution is 9.10. The molecule has 116 valence electrons. The van der Waals surface area contributed by atoms with Crippen LogP contribution in [0.5, 0.6) is 0 Å². The van der Waals surface area contributed by atoms with Gasteiger partial charge in [-0.1, -0.05) is 28.1 Å². The quantitative estimate of drug-likeness (QED) is 0.716. The number of carbonyl (C=O) groups excluding carboxylic acids is 1. The second kappa shape index (κ2) is 6.89. The third kappa shape index (κ3) is 3.94. The molecule has 0 saturated carbocycles. The zero-order valence-electron chi connectivity index (χ0n) is 12.0. The molecule has 0 unspecified atom stereocenters. The van der Waals surface area contributed by atoms with E-state index >= 15 is 0 Å². The lowest BCUT2D eigenvalue weighted by Gasteiger charge is -2.04. The third-order valence-corrected chi connectivity index (χ3v) is 4.70. The van der Waals surface area contributed by atoms with Gasteiger partial charge in [0.2, 0.25) is 5.95 Å². The van der Waals surface area contributed by atoms with Crippen LogP contribution in [0.3, 0.4) is 0 Å². The molecular weight excluding hydrogens is 376 g/mol. The second-order valence-electron chi connectivity index (χ2n) is 4.78. The Morgan fingerprint density at radius 2 is 2.13 bits per heavy atom. The molecule has 3 N–H and O–H groups in total. The third-order valence-electron chi connectivity index (χ3n) is 3.10. The van der Waals surface area contributed by atoms with E-state index < -0.39 is 0 Å². The van der Waals surface area contributed by atoms with Crippen molar-refractivity contribution in [1.29, 1.82) is 0 Å². The summed E-state index contributed by atoms with van der Waals surface area (Å²) in [5.41, 5.74) is 7.34. The fourth-order valence-electron chi connectivity index (χ4n) is 2.02. The summed E-state index contributed by atoms with van der Waals surface area (Å²) in [4.78, 5) is 21.8. The maximum atomic E-state index is 12.2. The lowest BCUT2D eigenvalue weighted by atomic mass is 10.2. The Balaban J connectivity index is 1.69. The topological polar surface area (TPSA) is 80.9 Å². The van der Waals surface area contributed by atoms with E-state index in [1.54, 1.807) is 18.3 Å². The maximum Gasteiger partial charge on any atom is 0.261 e. The molecule has 3 aromatic rings. The van der Waals surface area contributed by atoms with Gasteiger partial charge < -0.3 is 11.1 Å². The van der Waals surface area contributed by atoms with Crippen molar-refractivity contribution in [3.05, 3.63) is 63.6 Å². The Morgan fingerprint density at radius 3 is 2.91 bits per heavy atom. The fourth-order valence-corrected chi connectivity index (χ4v) is 3.36. The van der Waals surface area contributed by atoms with E-state index in [4.69, 9.17) is 5.73 Å². The number of nitrogens with one attached hydrogen (secondary N) is 1. The molecule has 2 heterocycles. The summed E-state index contributed by atoms with van der Waals surface area (Å²) < 4.78 is 0.990. The van der Waals surface area contributed by atoms with Crippen LogP contribution in [-0.4, -0.2) is 15.9 Å². The lowest BCUT2D eigenvalue weighted by Crippen LogP contribution is -2.21. The van der Waals surface area contributed by atoms with Crippen LogP contribution < -0.4 is 11.1 Å². The Bertz CT molecular complexity index is 849. The number of rotatable bonds is 4. The minimum Gasteiger partial charge on any atom is -0.368 e. The van der Waals surface area contributed by atoms with Gasteiger partial charge >= 0.3 is 0 Å². The molecule has 0 saturated heterocycles. The summed E-state index contributed by atoms with van der Waals surface area (Å²) in [6, 6.07) is 13.2. The normalized spacial score (nSPS) is 10.5. The highest BCUT2D eigenvalue weighted by atomic mass is 79.9. The van der Waals surface area contributed by atoms with Crippen LogP contribution in [0.1, 0.15) is 15.2 Å². The SMILES string of the molecule is Nc1nccc(-c2ccc(C(=O)NCc3cccc(Br)c3)s2)n1. The van der Waals surface area contributed by atoms with Crippen molar-refractivity contribution in [2.45, 2.75) is 6.54 Å². The monoisotopic (exact) mass is 388 g/mol. The predicted molar refractivity (Wildman–Crippen MR) is 95.1 cm³/mol. The molecular formula is C16H13BrN4OS. The number of hydrogen-bond acceptors (Lipinski definition) is 5. The standard InChI is InChI=1S/C16H13BrN4OS/c17-11-3-1-2-10(8-11)9-20-15(22)14-5-4-13(23-14)12-6-7-19-16(18)21-12/h1-8H,9H2,(H,20,22)(H2,18,19,21). The number of benzene rings is 1. The molecule has 5 nitrogen and oxygen atoms in total. The molecule has 2 aromatic heterocycles. The first-order valence-corrected chi connectivity index (χ1v) is 8.44. The van der Waals surface area contributed by atoms with Gasteiger partial charge in [0, 0.05) is 17.2 Å². The zero-order valence-corrected chi connectivity index (χ0v) is 14.4. The number of thiophene rings is 1. The van der Waals surface area contributed by atoms with Gasteiger partial charge in [-0.25, -0.2) is 9.97 Å². The number of nitrogens with zero attached hydrogens (tertiary/aromatic N) is 2. The first kappa shape index (κ1) is 15.6. The number of aromatic nitrogens is 2. The first-order chi connectivity index (χ1) is 11.1. The largest absolute Gasteiger partial charge is 0.368 e. The van der Waals surface area contributed by atoms with Crippen molar-refractivity contribution >= 4 is 39.1 Å². The van der Waals surface area contributed by atoms with Crippen molar-refractivity contribution in [3.63, 3.8) is 0 Å². The van der Waals surface area contributed by atoms with Crippen LogP contribution in [0.2, 0.25) is 0 Å². The summed E-state index contributed by atoms with van der Waals surface area (Å²) in [6.45, 7) is 0.478. The van der Waals surface area contributed by atoms with Crippen LogP contribution in [0.4, 0.5) is 5.95 Å². The van der Waals surface area contributed by atoms with E-state index in [-0.39, 0.29) is 11.9 Å². The summed E-state index contributed by atoms with van der Waals surface area (Å²) in [5.74, 6) is 0.111. The maximum absolute atomic E-state index is 12.2. The Kier molecular flexibility index (Phi) is 4.68. The molecule has 0 spiro atoms. The molecule has 0 bridgehead atoms. The van der Waals surface area contributed by atoms with Crippen LogP contribution in [0.15, 0.2) is 53.1 Å². The van der Waals surface area contributed by atoms with Crippen LogP contribution in [0.25, 0.3) is 10.6 Å². The predicted octanol–water partition coefficient (Wildman–Crippen LogP) is 3.48. The summed E-state index contributed by atoms with van der Waals surface area (Å²) in [5, 5.41) is 2.91. The average molecular weight is 389 g/mol. The van der Waals surface area contributed by atoms with E-state index in [2.05, 4.69) is 31.2 Å². The zero-order chi connectivity index (χ0) is 16.2. The van der Waals surface area contributed by atoms with E-state index in [1.807, 2.05) is 30.3 Å². The number of hydrogen-bond donors (Lipinski definition) is 2. The number of anilines is 1. The fraction of sp³-hybridized carbons (Fsp3) is 0.0625. The van der Waals surface area contributed by atoms with Crippen LogP contribution >= 0.6 is 27.3 Å². The van der Waals surface area contributed by atoms with Crippen molar-refractivity contribution in [1.82, 2.24) is 15.3 Å². The smallest absolute Gasteiger partial charge is 0.261 e. The number of nitrogens with two attached hydrogens (primary N) is 1. The van der Waals surface area contributed by atoms with Crippen molar-refractivity contribution < 1.29 is 4.79 Å². The average Bonchev–Trinajstić information content (AvgIpc) is 3.03. The molecule has 7 heteroatoms. The van der Waals surface area contributed by atoms with Crippen molar-refractivity contribution in [2.75, 3.05) is 5.73 Å². The Morgan fingerprint density at radius 1 is 1.26 bits per heavy atom. The Labute approximate surface area is 145 Å². The van der Waals surface area contributed by atoms with Crippen LogP contribution in [-0.2, 0) is 6.54 Å². The molecule has 0 aliphatic rings. The highest BCUT2D eigenvalue weighted by Crippen LogP contribution is 2.26. The van der Waals surface area contributed by atoms with Gasteiger partial charge in [0.05, 0.1) is 15.4 Å². The molecule has 0 atom stereocenters. The van der Waals surface area contributed by atoms with E-state index in [1.165, 1.54) is 11.3 Å². The van der Waals surface area contributed by atoms with Crippen LogP contribution in [0, 0.1) is 0 Å². The molecule has 0 aliphatic carbocycles. The second-order valence-corrected chi connectivity index (χ2v) is 6.78. The summed E-state index contributed by atoms with van der Waals surface area (Å²) in [6.07, 6.45) is 1.60. The summed E-state index contributed by atoms with van der Waals surface area (Å²) in [7, 11) is 0. The van der Waals surface area contributed by atoms with Gasteiger partial charge in [0.1, 0.15) is 0 Å². The van der Waals surface area contributed by atoms with Gasteiger partial charge in [-0.3, -0.25) is 4.79 Å². The van der Waals surface area contributed by atoms with Gasteiger partial charge in [0.15, 0.2) is 0 Å². The van der Waals surface area contributed by atoms with E-state index in [9.17, 15) is 4.79 Å². The summed E-state index contributed by atoms with van der Waals surface area (Å²) >= 11 is 4.79. The lowest BCUT2D eigenvalue weighted by molar-refractivity contribution is 0.0955. The van der Waals surface area contributed by atoms with Crippen molar-refractivity contribution in [2.24, 2.45) is 0 Å². The van der Waals surface area contributed by atoms with E-state index in [0.717, 1.165) is 14.9 Å². The minimum atomic E-state index is -0.108. The van der Waals surface area contributed by atoms with Gasteiger partial charge in [-0.05, 0) is 35.9 Å². The van der Waals surface area contributed by atoms with Gasteiger partial charge in [-0.15, -0.1) is 11.3 Å². The Hall–Kier alpha value is -2.25. The molecule has 3 rings (SSSR count). The molecule has 23 heavy (non-hydrogen) atoms. The molecule has 0 aliphatic heterocycles. The minimum absolute atomic E-state index is 0.108. The van der Waals surface area contributed by atoms with Crippen molar-refractivity contribution in [3.8, 4) is 10.6 Å².